The predicted molar refractivity (Wildman–Crippen MR) is 50.8 cm³/mol. The number of H-pyrrole nitrogens is 1. The summed E-state index contributed by atoms with van der Waals surface area (Å²) >= 11 is 0. The van der Waals surface area contributed by atoms with E-state index < -0.39 is 0 Å². The van der Waals surface area contributed by atoms with Crippen LogP contribution in [0, 0.1) is 19.8 Å². The maximum absolute atomic E-state index is 11.3. The Hall–Kier alpha value is -1.03. The third-order valence-corrected chi connectivity index (χ3v) is 2.29. The molecular formula is C9H16N2O2. The summed E-state index contributed by atoms with van der Waals surface area (Å²) in [6.45, 7) is 6.37. The Labute approximate surface area is 77.2 Å². The number of aryl methyl sites for hydroxylation is 1. The van der Waals surface area contributed by atoms with Crippen LogP contribution in [0.25, 0.3) is 0 Å². The minimum absolute atomic E-state index is 0.0877. The van der Waals surface area contributed by atoms with Gasteiger partial charge in [-0.05, 0) is 19.8 Å². The number of nitrogens with one attached hydrogen (secondary N) is 1. The van der Waals surface area contributed by atoms with Gasteiger partial charge in [-0.1, -0.05) is 6.92 Å². The third-order valence-electron chi connectivity index (χ3n) is 2.29. The molecule has 0 aliphatic rings. The molecule has 4 heteroatoms. The maximum Gasteiger partial charge on any atom is 0.325 e. The van der Waals surface area contributed by atoms with Gasteiger partial charge in [0.1, 0.15) is 0 Å². The van der Waals surface area contributed by atoms with E-state index in [0.29, 0.717) is 6.54 Å². The lowest BCUT2D eigenvalue weighted by atomic mass is 10.2. The molecule has 1 rings (SSSR count). The topological polar surface area (TPSA) is 58.0 Å². The Balaban J connectivity index is 2.94. The second-order valence-electron chi connectivity index (χ2n) is 3.54. The zero-order valence-electron chi connectivity index (χ0n) is 8.29. The minimum atomic E-state index is -0.0877. The molecule has 0 aliphatic heterocycles. The van der Waals surface area contributed by atoms with E-state index in [4.69, 9.17) is 5.11 Å². The molecule has 1 aromatic rings. The number of aliphatic hydroxyl groups is 1. The van der Waals surface area contributed by atoms with E-state index >= 15 is 0 Å². The highest BCUT2D eigenvalue weighted by Gasteiger charge is 2.09. The molecule has 1 aromatic heterocycles. The first-order valence-corrected chi connectivity index (χ1v) is 4.43. The smallest absolute Gasteiger partial charge is 0.325 e. The fourth-order valence-electron chi connectivity index (χ4n) is 1.26. The van der Waals surface area contributed by atoms with E-state index in [1.807, 2.05) is 20.8 Å². The molecule has 0 fully saturated rings. The van der Waals surface area contributed by atoms with Crippen molar-refractivity contribution in [2.75, 3.05) is 6.61 Å². The highest BCUT2D eigenvalue weighted by molar-refractivity contribution is 5.08. The first-order valence-electron chi connectivity index (χ1n) is 4.43. The molecule has 0 aliphatic carbocycles. The van der Waals surface area contributed by atoms with Crippen LogP contribution in [0.2, 0.25) is 0 Å². The van der Waals surface area contributed by atoms with Crippen molar-refractivity contribution in [3.8, 4) is 0 Å². The molecule has 13 heavy (non-hydrogen) atoms. The van der Waals surface area contributed by atoms with Gasteiger partial charge in [0.05, 0.1) is 0 Å². The molecular weight excluding hydrogens is 168 g/mol. The summed E-state index contributed by atoms with van der Waals surface area (Å²) in [5.41, 5.74) is 1.76. The first kappa shape index (κ1) is 10.1. The Kier molecular flexibility index (Phi) is 2.93. The molecule has 2 N–H and O–H groups in total. The predicted octanol–water partition coefficient (Wildman–Crippen LogP) is 0.422. The fraction of sp³-hybridized carbons (Fsp3) is 0.667. The van der Waals surface area contributed by atoms with Crippen LogP contribution in [-0.4, -0.2) is 21.3 Å². The van der Waals surface area contributed by atoms with Gasteiger partial charge < -0.3 is 10.1 Å². The van der Waals surface area contributed by atoms with Crippen LogP contribution in [0.1, 0.15) is 18.3 Å². The summed E-state index contributed by atoms with van der Waals surface area (Å²) in [5.74, 6) is 0.117. The summed E-state index contributed by atoms with van der Waals surface area (Å²) < 4.78 is 1.66. The van der Waals surface area contributed by atoms with Crippen LogP contribution in [0.15, 0.2) is 4.79 Å². The lowest BCUT2D eigenvalue weighted by Crippen LogP contribution is -2.22. The molecule has 1 heterocycles. The second-order valence-corrected chi connectivity index (χ2v) is 3.54. The molecule has 4 nitrogen and oxygen atoms in total. The van der Waals surface area contributed by atoms with Crippen molar-refractivity contribution < 1.29 is 5.11 Å². The number of aromatic amines is 1. The average Bonchev–Trinajstić information content (AvgIpc) is 2.32. The Morgan fingerprint density at radius 2 is 2.15 bits per heavy atom. The molecule has 0 aromatic carbocycles. The van der Waals surface area contributed by atoms with E-state index in [2.05, 4.69) is 4.98 Å². The summed E-state index contributed by atoms with van der Waals surface area (Å²) in [6, 6.07) is 0. The van der Waals surface area contributed by atoms with Gasteiger partial charge in [0, 0.05) is 24.5 Å². The fourth-order valence-corrected chi connectivity index (χ4v) is 1.26. The molecule has 1 unspecified atom stereocenters. The summed E-state index contributed by atoms with van der Waals surface area (Å²) in [6.07, 6.45) is 0. The van der Waals surface area contributed by atoms with Crippen molar-refractivity contribution in [1.29, 1.82) is 0 Å². The lowest BCUT2D eigenvalue weighted by molar-refractivity contribution is 0.221. The van der Waals surface area contributed by atoms with Crippen LogP contribution in [0.4, 0.5) is 0 Å². The van der Waals surface area contributed by atoms with Gasteiger partial charge in [0.25, 0.3) is 0 Å². The SMILES string of the molecule is Cc1[nH]c(=O)n(CC(C)CO)c1C. The third kappa shape index (κ3) is 2.01. The number of rotatable bonds is 3. The van der Waals surface area contributed by atoms with Gasteiger partial charge in [-0.25, -0.2) is 4.79 Å². The summed E-state index contributed by atoms with van der Waals surface area (Å²) in [4.78, 5) is 14.1. The van der Waals surface area contributed by atoms with Crippen LogP contribution < -0.4 is 5.69 Å². The lowest BCUT2D eigenvalue weighted by Gasteiger charge is -2.09. The molecule has 0 radical (unpaired) electrons. The number of aromatic nitrogens is 2. The van der Waals surface area contributed by atoms with Crippen molar-refractivity contribution >= 4 is 0 Å². The van der Waals surface area contributed by atoms with Crippen LogP contribution in [0.5, 0.6) is 0 Å². The van der Waals surface area contributed by atoms with E-state index in [-0.39, 0.29) is 18.2 Å². The summed E-state index contributed by atoms with van der Waals surface area (Å²) in [5, 5.41) is 8.86. The standard InChI is InChI=1S/C9H16N2O2/c1-6(5-12)4-11-8(3)7(2)10-9(11)13/h6,12H,4-5H2,1-3H3,(H,10,13). The van der Waals surface area contributed by atoms with Gasteiger partial charge in [-0.2, -0.15) is 0 Å². The molecule has 0 saturated heterocycles. The van der Waals surface area contributed by atoms with Crippen molar-refractivity contribution in [3.63, 3.8) is 0 Å². The van der Waals surface area contributed by atoms with Crippen molar-refractivity contribution in [2.24, 2.45) is 5.92 Å². The largest absolute Gasteiger partial charge is 0.396 e. The highest BCUT2D eigenvalue weighted by Crippen LogP contribution is 2.04. The highest BCUT2D eigenvalue weighted by atomic mass is 16.3. The quantitative estimate of drug-likeness (QED) is 0.715. The first-order chi connectivity index (χ1) is 6.06. The van der Waals surface area contributed by atoms with E-state index in [9.17, 15) is 4.79 Å². The minimum Gasteiger partial charge on any atom is -0.396 e. The Bertz CT molecular complexity index is 338. The normalized spacial score (nSPS) is 13.2. The Morgan fingerprint density at radius 1 is 1.54 bits per heavy atom. The zero-order chi connectivity index (χ0) is 10.0. The zero-order valence-corrected chi connectivity index (χ0v) is 8.29. The summed E-state index contributed by atoms with van der Waals surface area (Å²) in [7, 11) is 0. The van der Waals surface area contributed by atoms with Crippen molar-refractivity contribution in [1.82, 2.24) is 9.55 Å². The number of aliphatic hydroxyl groups excluding tert-OH is 1. The molecule has 0 saturated carbocycles. The second kappa shape index (κ2) is 3.79. The Morgan fingerprint density at radius 3 is 2.54 bits per heavy atom. The number of nitrogens with zero attached hydrogens (tertiary/aromatic N) is 1. The number of hydrogen-bond acceptors (Lipinski definition) is 2. The maximum atomic E-state index is 11.3. The van der Waals surface area contributed by atoms with E-state index in [0.717, 1.165) is 11.4 Å². The van der Waals surface area contributed by atoms with Crippen LogP contribution in [-0.2, 0) is 6.54 Å². The van der Waals surface area contributed by atoms with Gasteiger partial charge in [-0.15, -0.1) is 0 Å². The molecule has 0 bridgehead atoms. The molecule has 1 atom stereocenters. The van der Waals surface area contributed by atoms with Crippen LogP contribution >= 0.6 is 0 Å². The van der Waals surface area contributed by atoms with Gasteiger partial charge in [-0.3, -0.25) is 4.57 Å². The van der Waals surface area contributed by atoms with E-state index in [1.165, 1.54) is 0 Å². The van der Waals surface area contributed by atoms with Crippen molar-refractivity contribution in [2.45, 2.75) is 27.3 Å². The molecule has 74 valence electrons. The van der Waals surface area contributed by atoms with Gasteiger partial charge in [0.15, 0.2) is 0 Å². The van der Waals surface area contributed by atoms with E-state index in [1.54, 1.807) is 4.57 Å². The molecule has 0 amide bonds. The molecule has 0 spiro atoms. The monoisotopic (exact) mass is 184 g/mol. The van der Waals surface area contributed by atoms with Gasteiger partial charge >= 0.3 is 5.69 Å². The number of imidazole rings is 1. The van der Waals surface area contributed by atoms with Gasteiger partial charge in [0.2, 0.25) is 0 Å². The van der Waals surface area contributed by atoms with Crippen LogP contribution in [0.3, 0.4) is 0 Å². The average molecular weight is 184 g/mol. The van der Waals surface area contributed by atoms with Crippen molar-refractivity contribution in [3.05, 3.63) is 21.9 Å². The number of hydrogen-bond donors (Lipinski definition) is 2.